The zero-order chi connectivity index (χ0) is 15.4. The quantitative estimate of drug-likeness (QED) is 0.919. The number of carbonyl (C=O) groups excluding carboxylic acids is 1. The first-order chi connectivity index (χ1) is 10.7. The topological polar surface area (TPSA) is 50.8 Å². The van der Waals surface area contributed by atoms with E-state index in [-0.39, 0.29) is 12.5 Å². The van der Waals surface area contributed by atoms with Gasteiger partial charge in [0.1, 0.15) is 11.5 Å². The molecule has 0 bridgehead atoms. The van der Waals surface area contributed by atoms with Crippen molar-refractivity contribution in [1.29, 1.82) is 0 Å². The van der Waals surface area contributed by atoms with Crippen LogP contribution in [0.3, 0.4) is 0 Å². The van der Waals surface area contributed by atoms with Gasteiger partial charge in [-0.1, -0.05) is 6.07 Å². The smallest absolute Gasteiger partial charge is 0.260 e. The number of carbonyl (C=O) groups is 1. The van der Waals surface area contributed by atoms with Crippen LogP contribution in [-0.2, 0) is 4.79 Å². The highest BCUT2D eigenvalue weighted by Gasteiger charge is 2.37. The number of piperidine rings is 1. The number of ether oxygens (including phenoxy) is 2. The number of rotatable bonds is 4. The normalized spacial score (nSPS) is 20.1. The molecule has 0 atom stereocenters. The Balaban J connectivity index is 1.48. The number of hydrogen-bond acceptors (Lipinski definition) is 4. The fourth-order valence-electron chi connectivity index (χ4n) is 3.38. The van der Waals surface area contributed by atoms with E-state index in [2.05, 4.69) is 5.32 Å². The minimum absolute atomic E-state index is 0.0728. The molecule has 0 aliphatic carbocycles. The van der Waals surface area contributed by atoms with Crippen LogP contribution < -0.4 is 14.8 Å². The monoisotopic (exact) mass is 304 g/mol. The predicted octanol–water partition coefficient (Wildman–Crippen LogP) is 1.68. The molecular formula is C17H24N2O3. The fraction of sp³-hybridized carbons (Fsp3) is 0.588. The Labute approximate surface area is 131 Å². The van der Waals surface area contributed by atoms with Gasteiger partial charge in [0.2, 0.25) is 0 Å². The van der Waals surface area contributed by atoms with Crippen LogP contribution in [0.25, 0.3) is 0 Å². The van der Waals surface area contributed by atoms with E-state index in [0.29, 0.717) is 11.2 Å². The lowest BCUT2D eigenvalue weighted by Gasteiger charge is -2.38. The first-order valence-electron chi connectivity index (χ1n) is 7.96. The summed E-state index contributed by atoms with van der Waals surface area (Å²) in [6.07, 6.45) is 3.45. The number of likely N-dealkylation sites (tertiary alicyclic amines) is 1. The van der Waals surface area contributed by atoms with E-state index < -0.39 is 0 Å². The minimum Gasteiger partial charge on any atom is -0.497 e. The first kappa shape index (κ1) is 15.2. The second-order valence-corrected chi connectivity index (χ2v) is 6.28. The van der Waals surface area contributed by atoms with Gasteiger partial charge in [-0.2, -0.15) is 0 Å². The Bertz CT molecular complexity index is 516. The number of amides is 1. The van der Waals surface area contributed by atoms with E-state index in [0.717, 1.165) is 44.8 Å². The molecule has 5 nitrogen and oxygen atoms in total. The number of nitrogens with one attached hydrogen (secondary N) is 1. The molecule has 2 heterocycles. The van der Waals surface area contributed by atoms with Gasteiger partial charge in [-0.05, 0) is 43.4 Å². The Morgan fingerprint density at radius 1 is 1.27 bits per heavy atom. The summed E-state index contributed by atoms with van der Waals surface area (Å²) in [7, 11) is 1.62. The molecule has 2 aliphatic heterocycles. The molecule has 2 aliphatic rings. The van der Waals surface area contributed by atoms with Crippen molar-refractivity contribution < 1.29 is 14.3 Å². The summed E-state index contributed by atoms with van der Waals surface area (Å²) in [5.41, 5.74) is 0.435. The van der Waals surface area contributed by atoms with Crippen molar-refractivity contribution in [2.45, 2.75) is 19.3 Å². The molecule has 1 aromatic rings. The van der Waals surface area contributed by atoms with Crippen LogP contribution in [-0.4, -0.2) is 50.7 Å². The van der Waals surface area contributed by atoms with E-state index in [1.807, 2.05) is 23.1 Å². The van der Waals surface area contributed by atoms with Gasteiger partial charge in [-0.3, -0.25) is 4.79 Å². The van der Waals surface area contributed by atoms with Crippen molar-refractivity contribution >= 4 is 5.91 Å². The molecule has 2 fully saturated rings. The van der Waals surface area contributed by atoms with Crippen LogP contribution in [0.4, 0.5) is 0 Å². The number of nitrogens with zero attached hydrogens (tertiary/aromatic N) is 1. The third-order valence-corrected chi connectivity index (χ3v) is 4.91. The second-order valence-electron chi connectivity index (χ2n) is 6.28. The Morgan fingerprint density at radius 2 is 2.05 bits per heavy atom. The maximum Gasteiger partial charge on any atom is 0.260 e. The zero-order valence-electron chi connectivity index (χ0n) is 13.1. The Hall–Kier alpha value is -1.75. The molecule has 5 heteroatoms. The highest BCUT2D eigenvalue weighted by Crippen LogP contribution is 2.36. The molecule has 1 spiro atoms. The van der Waals surface area contributed by atoms with Crippen molar-refractivity contribution in [1.82, 2.24) is 10.2 Å². The van der Waals surface area contributed by atoms with Crippen molar-refractivity contribution in [2.24, 2.45) is 5.41 Å². The van der Waals surface area contributed by atoms with Crippen LogP contribution in [0.15, 0.2) is 24.3 Å². The Kier molecular flexibility index (Phi) is 4.52. The maximum absolute atomic E-state index is 12.3. The van der Waals surface area contributed by atoms with Gasteiger partial charge in [0.15, 0.2) is 6.61 Å². The molecule has 1 N–H and O–H groups in total. The molecule has 1 amide bonds. The molecule has 2 saturated heterocycles. The summed E-state index contributed by atoms with van der Waals surface area (Å²) in [6, 6.07) is 7.35. The summed E-state index contributed by atoms with van der Waals surface area (Å²) < 4.78 is 10.7. The molecule has 0 unspecified atom stereocenters. The first-order valence-corrected chi connectivity index (χ1v) is 7.96. The van der Waals surface area contributed by atoms with Crippen molar-refractivity contribution in [2.75, 3.05) is 39.9 Å². The molecule has 1 aromatic carbocycles. The van der Waals surface area contributed by atoms with E-state index in [9.17, 15) is 4.79 Å². The second kappa shape index (κ2) is 6.57. The van der Waals surface area contributed by atoms with Crippen LogP contribution in [0.1, 0.15) is 19.3 Å². The van der Waals surface area contributed by atoms with Gasteiger partial charge in [0.25, 0.3) is 5.91 Å². The van der Waals surface area contributed by atoms with E-state index in [1.54, 1.807) is 13.2 Å². The van der Waals surface area contributed by atoms with Crippen molar-refractivity contribution in [3.63, 3.8) is 0 Å². The van der Waals surface area contributed by atoms with Crippen LogP contribution in [0.2, 0.25) is 0 Å². The highest BCUT2D eigenvalue weighted by atomic mass is 16.5. The third-order valence-electron chi connectivity index (χ3n) is 4.91. The number of hydrogen-bond donors (Lipinski definition) is 1. The summed E-state index contributed by atoms with van der Waals surface area (Å²) in [4.78, 5) is 14.2. The average molecular weight is 304 g/mol. The highest BCUT2D eigenvalue weighted by molar-refractivity contribution is 5.77. The summed E-state index contributed by atoms with van der Waals surface area (Å²) in [5.74, 6) is 1.48. The SMILES string of the molecule is COc1cccc(OCC(=O)N2CCC3(CCNC3)CC2)c1. The molecule has 0 saturated carbocycles. The van der Waals surface area contributed by atoms with Crippen molar-refractivity contribution in [3.05, 3.63) is 24.3 Å². The molecular weight excluding hydrogens is 280 g/mol. The lowest BCUT2D eigenvalue weighted by atomic mass is 9.78. The zero-order valence-corrected chi connectivity index (χ0v) is 13.1. The molecule has 120 valence electrons. The summed E-state index contributed by atoms with van der Waals surface area (Å²) in [6.45, 7) is 4.02. The van der Waals surface area contributed by atoms with Crippen LogP contribution in [0.5, 0.6) is 11.5 Å². The third kappa shape index (κ3) is 3.35. The minimum atomic E-state index is 0.0728. The lowest BCUT2D eigenvalue weighted by molar-refractivity contribution is -0.135. The fourth-order valence-corrected chi connectivity index (χ4v) is 3.38. The standard InChI is InChI=1S/C17H24N2O3/c1-21-14-3-2-4-15(11-14)22-12-16(20)19-9-6-17(7-10-19)5-8-18-13-17/h2-4,11,18H,5-10,12-13H2,1H3. The van der Waals surface area contributed by atoms with Gasteiger partial charge in [-0.25, -0.2) is 0 Å². The van der Waals surface area contributed by atoms with Crippen molar-refractivity contribution in [3.8, 4) is 11.5 Å². The van der Waals surface area contributed by atoms with Gasteiger partial charge < -0.3 is 19.7 Å². The molecule has 0 radical (unpaired) electrons. The summed E-state index contributed by atoms with van der Waals surface area (Å²) >= 11 is 0. The van der Waals surface area contributed by atoms with Crippen LogP contribution in [0, 0.1) is 5.41 Å². The van der Waals surface area contributed by atoms with Gasteiger partial charge in [-0.15, -0.1) is 0 Å². The predicted molar refractivity (Wildman–Crippen MR) is 84.2 cm³/mol. The van der Waals surface area contributed by atoms with Gasteiger partial charge in [0.05, 0.1) is 7.11 Å². The number of benzene rings is 1. The van der Waals surface area contributed by atoms with Crippen LogP contribution >= 0.6 is 0 Å². The number of methoxy groups -OCH3 is 1. The van der Waals surface area contributed by atoms with E-state index >= 15 is 0 Å². The summed E-state index contributed by atoms with van der Waals surface area (Å²) in [5, 5.41) is 3.44. The molecule has 22 heavy (non-hydrogen) atoms. The molecule has 0 aromatic heterocycles. The largest absolute Gasteiger partial charge is 0.497 e. The van der Waals surface area contributed by atoms with Gasteiger partial charge >= 0.3 is 0 Å². The average Bonchev–Trinajstić information content (AvgIpc) is 3.01. The maximum atomic E-state index is 12.3. The van der Waals surface area contributed by atoms with Gasteiger partial charge in [0, 0.05) is 25.7 Å². The van der Waals surface area contributed by atoms with E-state index in [1.165, 1.54) is 6.42 Å². The van der Waals surface area contributed by atoms with E-state index in [4.69, 9.17) is 9.47 Å². The Morgan fingerprint density at radius 3 is 2.73 bits per heavy atom. The lowest BCUT2D eigenvalue weighted by Crippen LogP contribution is -2.45. The molecule has 3 rings (SSSR count).